The zero-order valence-electron chi connectivity index (χ0n) is 14.5. The Balaban J connectivity index is 1.53. The predicted octanol–water partition coefficient (Wildman–Crippen LogP) is 2.02. The van der Waals surface area contributed by atoms with Crippen molar-refractivity contribution in [2.24, 2.45) is 0 Å². The van der Waals surface area contributed by atoms with Gasteiger partial charge in [0, 0.05) is 37.8 Å². The Bertz CT molecular complexity index is 1110. The van der Waals surface area contributed by atoms with Crippen molar-refractivity contribution in [3.8, 4) is 6.07 Å². The average Bonchev–Trinajstić information content (AvgIpc) is 2.73. The fraction of sp³-hybridized carbons (Fsp3) is 0.200. The summed E-state index contributed by atoms with van der Waals surface area (Å²) in [5, 5.41) is 9.94. The first kappa shape index (κ1) is 16.8. The predicted molar refractivity (Wildman–Crippen MR) is 99.6 cm³/mol. The number of carbonyl (C=O) groups is 1. The molecule has 0 N–H and O–H groups in total. The van der Waals surface area contributed by atoms with Crippen LogP contribution in [-0.2, 0) is 0 Å². The van der Waals surface area contributed by atoms with E-state index in [9.17, 15) is 14.9 Å². The molecule has 0 bridgehead atoms. The first-order valence-electron chi connectivity index (χ1n) is 8.59. The van der Waals surface area contributed by atoms with Crippen molar-refractivity contribution in [1.29, 1.82) is 5.26 Å². The molecule has 0 saturated carbocycles. The first-order valence-corrected chi connectivity index (χ1v) is 8.59. The molecule has 7 nitrogen and oxygen atoms in total. The molecule has 2 aromatic heterocycles. The van der Waals surface area contributed by atoms with Crippen LogP contribution in [0.4, 0.5) is 5.82 Å². The molecular formula is C20H16N4O3. The minimum Gasteiger partial charge on any atom is -0.422 e. The number of hydrogen-bond acceptors (Lipinski definition) is 6. The molecule has 1 aliphatic rings. The molecule has 3 aromatic rings. The summed E-state index contributed by atoms with van der Waals surface area (Å²) in [5.74, 6) is 0.285. The molecule has 0 spiro atoms. The molecule has 134 valence electrons. The van der Waals surface area contributed by atoms with E-state index in [-0.39, 0.29) is 11.5 Å². The van der Waals surface area contributed by atoms with E-state index in [4.69, 9.17) is 4.42 Å². The average molecular weight is 360 g/mol. The third kappa shape index (κ3) is 3.13. The van der Waals surface area contributed by atoms with Crippen LogP contribution in [0.25, 0.3) is 11.0 Å². The monoisotopic (exact) mass is 360 g/mol. The lowest BCUT2D eigenvalue weighted by Crippen LogP contribution is -2.49. The summed E-state index contributed by atoms with van der Waals surface area (Å²) in [6.07, 6.45) is 1.65. The van der Waals surface area contributed by atoms with Crippen molar-refractivity contribution in [2.75, 3.05) is 31.1 Å². The third-order valence-electron chi connectivity index (χ3n) is 4.65. The topological polar surface area (TPSA) is 90.4 Å². The van der Waals surface area contributed by atoms with Gasteiger partial charge in [0.25, 0.3) is 5.91 Å². The van der Waals surface area contributed by atoms with E-state index in [1.165, 1.54) is 0 Å². The highest BCUT2D eigenvalue weighted by Gasteiger charge is 2.26. The summed E-state index contributed by atoms with van der Waals surface area (Å²) in [4.78, 5) is 32.9. The molecule has 0 unspecified atom stereocenters. The maximum Gasteiger partial charge on any atom is 0.349 e. The van der Waals surface area contributed by atoms with Crippen molar-refractivity contribution in [3.63, 3.8) is 0 Å². The Morgan fingerprint density at radius 1 is 1.11 bits per heavy atom. The number of anilines is 1. The van der Waals surface area contributed by atoms with E-state index >= 15 is 0 Å². The fourth-order valence-electron chi connectivity index (χ4n) is 3.24. The Kier molecular flexibility index (Phi) is 4.30. The number of piperazine rings is 1. The van der Waals surface area contributed by atoms with Gasteiger partial charge in [0.15, 0.2) is 0 Å². The summed E-state index contributed by atoms with van der Waals surface area (Å²) in [5.41, 5.74) is 0.380. The molecular weight excluding hydrogens is 344 g/mol. The highest BCUT2D eigenvalue weighted by atomic mass is 16.4. The summed E-state index contributed by atoms with van der Waals surface area (Å²) in [6.45, 7) is 1.95. The van der Waals surface area contributed by atoms with Crippen molar-refractivity contribution in [2.45, 2.75) is 0 Å². The van der Waals surface area contributed by atoms with Crippen LogP contribution < -0.4 is 10.5 Å². The zero-order chi connectivity index (χ0) is 18.8. The molecule has 4 rings (SSSR count). The van der Waals surface area contributed by atoms with Gasteiger partial charge < -0.3 is 14.2 Å². The Morgan fingerprint density at radius 2 is 1.89 bits per heavy atom. The van der Waals surface area contributed by atoms with E-state index < -0.39 is 5.63 Å². The van der Waals surface area contributed by atoms with Crippen LogP contribution in [-0.4, -0.2) is 42.0 Å². The molecule has 1 fully saturated rings. The second-order valence-electron chi connectivity index (χ2n) is 6.25. The van der Waals surface area contributed by atoms with Gasteiger partial charge in [-0.2, -0.15) is 5.26 Å². The number of para-hydroxylation sites is 1. The second-order valence-corrected chi connectivity index (χ2v) is 6.25. The van der Waals surface area contributed by atoms with E-state index in [2.05, 4.69) is 11.1 Å². The van der Waals surface area contributed by atoms with Crippen LogP contribution >= 0.6 is 0 Å². The summed E-state index contributed by atoms with van der Waals surface area (Å²) < 4.78 is 5.27. The molecule has 1 saturated heterocycles. The Morgan fingerprint density at radius 3 is 2.67 bits per heavy atom. The van der Waals surface area contributed by atoms with Crippen molar-refractivity contribution in [1.82, 2.24) is 9.88 Å². The molecule has 0 atom stereocenters. The van der Waals surface area contributed by atoms with Crippen LogP contribution in [0.15, 0.2) is 57.9 Å². The van der Waals surface area contributed by atoms with Crippen molar-refractivity contribution in [3.05, 3.63) is 70.2 Å². The maximum absolute atomic E-state index is 12.8. The third-order valence-corrected chi connectivity index (χ3v) is 4.65. The van der Waals surface area contributed by atoms with Crippen molar-refractivity contribution < 1.29 is 9.21 Å². The first-order chi connectivity index (χ1) is 13.2. The van der Waals surface area contributed by atoms with Gasteiger partial charge in [0.2, 0.25) is 0 Å². The zero-order valence-corrected chi connectivity index (χ0v) is 14.5. The van der Waals surface area contributed by atoms with E-state index in [1.807, 2.05) is 11.0 Å². The highest BCUT2D eigenvalue weighted by molar-refractivity contribution is 5.96. The van der Waals surface area contributed by atoms with E-state index in [0.717, 1.165) is 0 Å². The quantitative estimate of drug-likeness (QED) is 0.650. The lowest BCUT2D eigenvalue weighted by atomic mass is 10.1. The van der Waals surface area contributed by atoms with Gasteiger partial charge in [-0.25, -0.2) is 9.78 Å². The smallest absolute Gasteiger partial charge is 0.349 e. The number of hydrogen-bond donors (Lipinski definition) is 0. The van der Waals surface area contributed by atoms with Crippen molar-refractivity contribution >= 4 is 22.7 Å². The molecule has 1 amide bonds. The Hall–Kier alpha value is -3.66. The number of nitriles is 1. The minimum atomic E-state index is -0.627. The minimum absolute atomic E-state index is 0.0395. The fourth-order valence-corrected chi connectivity index (χ4v) is 3.24. The standard InChI is InChI=1S/C20H16N4O3/c21-13-15-5-3-7-22-18(15)23-8-10-24(11-9-23)19(25)16-12-14-4-1-2-6-17(14)27-20(16)26/h1-7,12H,8-11H2. The number of amides is 1. The summed E-state index contributed by atoms with van der Waals surface area (Å²) in [7, 11) is 0. The van der Waals surface area contributed by atoms with Crippen LogP contribution in [0.3, 0.4) is 0 Å². The normalized spacial score (nSPS) is 14.2. The van der Waals surface area contributed by atoms with Gasteiger partial charge in [-0.15, -0.1) is 0 Å². The van der Waals surface area contributed by atoms with Gasteiger partial charge >= 0.3 is 5.63 Å². The van der Waals surface area contributed by atoms with Gasteiger partial charge in [-0.3, -0.25) is 4.79 Å². The molecule has 0 radical (unpaired) electrons. The summed E-state index contributed by atoms with van der Waals surface area (Å²) in [6, 6.07) is 14.3. The Labute approximate surface area is 155 Å². The molecule has 3 heterocycles. The number of aromatic nitrogens is 1. The second kappa shape index (κ2) is 6.92. The van der Waals surface area contributed by atoms with Gasteiger partial charge in [0.05, 0.1) is 5.56 Å². The molecule has 1 aromatic carbocycles. The molecule has 7 heteroatoms. The lowest BCUT2D eigenvalue weighted by molar-refractivity contribution is 0.0742. The molecule has 27 heavy (non-hydrogen) atoms. The highest BCUT2D eigenvalue weighted by Crippen LogP contribution is 2.19. The van der Waals surface area contributed by atoms with Crippen LogP contribution in [0, 0.1) is 11.3 Å². The molecule has 1 aliphatic heterocycles. The van der Waals surface area contributed by atoms with Gasteiger partial charge in [0.1, 0.15) is 23.0 Å². The molecule has 0 aliphatic carbocycles. The summed E-state index contributed by atoms with van der Waals surface area (Å²) >= 11 is 0. The largest absolute Gasteiger partial charge is 0.422 e. The maximum atomic E-state index is 12.8. The van der Waals surface area contributed by atoms with E-state index in [1.54, 1.807) is 47.5 Å². The number of benzene rings is 1. The number of carbonyl (C=O) groups excluding carboxylic acids is 1. The van der Waals surface area contributed by atoms with Crippen LogP contribution in [0.2, 0.25) is 0 Å². The lowest BCUT2D eigenvalue weighted by Gasteiger charge is -2.35. The van der Waals surface area contributed by atoms with Gasteiger partial charge in [-0.05, 0) is 24.3 Å². The van der Waals surface area contributed by atoms with Gasteiger partial charge in [-0.1, -0.05) is 18.2 Å². The number of rotatable bonds is 2. The SMILES string of the molecule is N#Cc1cccnc1N1CCN(C(=O)c2cc3ccccc3oc2=O)CC1. The number of nitrogens with zero attached hydrogens (tertiary/aromatic N) is 4. The number of fused-ring (bicyclic) bond motifs is 1. The van der Waals surface area contributed by atoms with Crippen LogP contribution in [0.5, 0.6) is 0 Å². The van der Waals surface area contributed by atoms with E-state index in [0.29, 0.717) is 48.5 Å². The van der Waals surface area contributed by atoms with Crippen LogP contribution in [0.1, 0.15) is 15.9 Å². The number of pyridine rings is 1.